The molecule has 0 saturated heterocycles. The van der Waals surface area contributed by atoms with Crippen molar-refractivity contribution in [2.24, 2.45) is 5.41 Å². The summed E-state index contributed by atoms with van der Waals surface area (Å²) in [5, 5.41) is 12.6. The van der Waals surface area contributed by atoms with Crippen LogP contribution in [0.2, 0.25) is 0 Å². The third-order valence-corrected chi connectivity index (χ3v) is 2.89. The van der Waals surface area contributed by atoms with E-state index in [0.717, 1.165) is 6.54 Å². The van der Waals surface area contributed by atoms with Crippen LogP contribution in [-0.4, -0.2) is 18.3 Å². The van der Waals surface area contributed by atoms with E-state index in [9.17, 15) is 5.11 Å². The van der Waals surface area contributed by atoms with Crippen LogP contribution in [0.15, 0.2) is 24.3 Å². The van der Waals surface area contributed by atoms with Gasteiger partial charge in [-0.25, -0.2) is 0 Å². The fourth-order valence-corrected chi connectivity index (χ4v) is 1.46. The molecule has 0 spiro atoms. The second-order valence-corrected chi connectivity index (χ2v) is 5.34. The Morgan fingerprint density at radius 1 is 1.25 bits per heavy atom. The van der Waals surface area contributed by atoms with Crippen LogP contribution < -0.4 is 5.32 Å². The normalized spacial score (nSPS) is 13.8. The smallest absolute Gasteiger partial charge is 0.0494 e. The molecule has 90 valence electrons. The lowest BCUT2D eigenvalue weighted by Crippen LogP contribution is -2.33. The Morgan fingerprint density at radius 2 is 1.81 bits per heavy atom. The SMILES string of the molecule is Cc1ccc(C(C)NCC(C)(C)CO)cc1. The van der Waals surface area contributed by atoms with E-state index in [1.807, 2.05) is 0 Å². The monoisotopic (exact) mass is 221 g/mol. The van der Waals surface area contributed by atoms with E-state index < -0.39 is 0 Å². The fourth-order valence-electron chi connectivity index (χ4n) is 1.46. The highest BCUT2D eigenvalue weighted by Gasteiger charge is 2.17. The molecule has 0 bridgehead atoms. The van der Waals surface area contributed by atoms with E-state index in [1.165, 1.54) is 11.1 Å². The van der Waals surface area contributed by atoms with Crippen molar-refractivity contribution in [1.82, 2.24) is 5.32 Å². The lowest BCUT2D eigenvalue weighted by atomic mass is 9.94. The number of rotatable bonds is 5. The first kappa shape index (κ1) is 13.2. The van der Waals surface area contributed by atoms with E-state index in [4.69, 9.17) is 0 Å². The molecule has 2 N–H and O–H groups in total. The van der Waals surface area contributed by atoms with Gasteiger partial charge >= 0.3 is 0 Å². The molecule has 1 atom stereocenters. The van der Waals surface area contributed by atoms with E-state index in [2.05, 4.69) is 57.3 Å². The highest BCUT2D eigenvalue weighted by molar-refractivity contribution is 5.23. The largest absolute Gasteiger partial charge is 0.396 e. The molecule has 1 aromatic rings. The van der Waals surface area contributed by atoms with Crippen LogP contribution in [0, 0.1) is 12.3 Å². The number of hydrogen-bond acceptors (Lipinski definition) is 2. The van der Waals surface area contributed by atoms with Crippen LogP contribution in [0.25, 0.3) is 0 Å². The van der Waals surface area contributed by atoms with Crippen molar-refractivity contribution < 1.29 is 5.11 Å². The molecule has 2 nitrogen and oxygen atoms in total. The van der Waals surface area contributed by atoms with Crippen molar-refractivity contribution in [3.05, 3.63) is 35.4 Å². The molecule has 0 aliphatic rings. The number of benzene rings is 1. The number of aliphatic hydroxyl groups excluding tert-OH is 1. The average Bonchev–Trinajstić information content (AvgIpc) is 2.27. The summed E-state index contributed by atoms with van der Waals surface area (Å²) in [6.45, 7) is 9.39. The molecule has 1 unspecified atom stereocenters. The minimum absolute atomic E-state index is 0.0566. The van der Waals surface area contributed by atoms with Crippen LogP contribution in [0.3, 0.4) is 0 Å². The summed E-state index contributed by atoms with van der Waals surface area (Å²) in [4.78, 5) is 0. The molecule has 1 rings (SSSR count). The van der Waals surface area contributed by atoms with Gasteiger partial charge in [0.1, 0.15) is 0 Å². The summed E-state index contributed by atoms with van der Waals surface area (Å²) >= 11 is 0. The maximum atomic E-state index is 9.17. The third kappa shape index (κ3) is 3.95. The molecule has 16 heavy (non-hydrogen) atoms. The molecule has 1 aromatic carbocycles. The molecular formula is C14H23NO. The lowest BCUT2D eigenvalue weighted by Gasteiger charge is -2.25. The van der Waals surface area contributed by atoms with E-state index in [-0.39, 0.29) is 12.0 Å². The first-order valence-electron chi connectivity index (χ1n) is 5.85. The van der Waals surface area contributed by atoms with Crippen LogP contribution in [0.4, 0.5) is 0 Å². The van der Waals surface area contributed by atoms with Gasteiger partial charge in [0.15, 0.2) is 0 Å². The highest BCUT2D eigenvalue weighted by atomic mass is 16.3. The van der Waals surface area contributed by atoms with Gasteiger partial charge in [-0.15, -0.1) is 0 Å². The van der Waals surface area contributed by atoms with E-state index in [0.29, 0.717) is 6.04 Å². The Kier molecular flexibility index (Phi) is 4.51. The van der Waals surface area contributed by atoms with Crippen molar-refractivity contribution in [3.63, 3.8) is 0 Å². The zero-order valence-corrected chi connectivity index (χ0v) is 10.7. The molecule has 0 amide bonds. The number of nitrogens with one attached hydrogen (secondary N) is 1. The summed E-state index contributed by atoms with van der Waals surface area (Å²) in [6.07, 6.45) is 0. The first-order chi connectivity index (χ1) is 7.44. The summed E-state index contributed by atoms with van der Waals surface area (Å²) in [6, 6.07) is 8.89. The van der Waals surface area contributed by atoms with Crippen LogP contribution >= 0.6 is 0 Å². The Morgan fingerprint density at radius 3 is 2.31 bits per heavy atom. The second-order valence-electron chi connectivity index (χ2n) is 5.34. The Hall–Kier alpha value is -0.860. The summed E-state index contributed by atoms with van der Waals surface area (Å²) in [5.74, 6) is 0. The molecule has 0 aliphatic heterocycles. The van der Waals surface area contributed by atoms with E-state index in [1.54, 1.807) is 0 Å². The van der Waals surface area contributed by atoms with Crippen molar-refractivity contribution in [1.29, 1.82) is 0 Å². The fraction of sp³-hybridized carbons (Fsp3) is 0.571. The second kappa shape index (κ2) is 5.46. The van der Waals surface area contributed by atoms with Gasteiger partial charge in [0.25, 0.3) is 0 Å². The van der Waals surface area contributed by atoms with Crippen LogP contribution in [0.5, 0.6) is 0 Å². The maximum absolute atomic E-state index is 9.17. The molecule has 0 fully saturated rings. The first-order valence-corrected chi connectivity index (χ1v) is 5.85. The van der Waals surface area contributed by atoms with Gasteiger partial charge in [-0.05, 0) is 19.4 Å². The van der Waals surface area contributed by atoms with Gasteiger partial charge in [0.2, 0.25) is 0 Å². The van der Waals surface area contributed by atoms with Gasteiger partial charge in [0, 0.05) is 24.6 Å². The van der Waals surface area contributed by atoms with Crippen LogP contribution in [0.1, 0.15) is 37.9 Å². The molecule has 2 heteroatoms. The lowest BCUT2D eigenvalue weighted by molar-refractivity contribution is 0.154. The molecule has 0 saturated carbocycles. The molecule has 0 heterocycles. The minimum Gasteiger partial charge on any atom is -0.396 e. The topological polar surface area (TPSA) is 32.3 Å². The summed E-state index contributed by atoms with van der Waals surface area (Å²) in [7, 11) is 0. The quantitative estimate of drug-likeness (QED) is 0.801. The zero-order valence-electron chi connectivity index (χ0n) is 10.7. The molecule has 0 aromatic heterocycles. The summed E-state index contributed by atoms with van der Waals surface area (Å²) in [5.41, 5.74) is 2.52. The van der Waals surface area contributed by atoms with Gasteiger partial charge in [-0.3, -0.25) is 0 Å². The van der Waals surface area contributed by atoms with Crippen LogP contribution in [-0.2, 0) is 0 Å². The Bertz CT molecular complexity index is 316. The Balaban J connectivity index is 2.53. The molecule has 0 aliphatic carbocycles. The number of aliphatic hydroxyl groups is 1. The van der Waals surface area contributed by atoms with Gasteiger partial charge < -0.3 is 10.4 Å². The van der Waals surface area contributed by atoms with Gasteiger partial charge in [0.05, 0.1) is 0 Å². The third-order valence-electron chi connectivity index (χ3n) is 2.89. The average molecular weight is 221 g/mol. The van der Waals surface area contributed by atoms with Gasteiger partial charge in [-0.2, -0.15) is 0 Å². The molecule has 0 radical (unpaired) electrons. The van der Waals surface area contributed by atoms with Gasteiger partial charge in [-0.1, -0.05) is 43.7 Å². The highest BCUT2D eigenvalue weighted by Crippen LogP contribution is 2.17. The predicted molar refractivity (Wildman–Crippen MR) is 68.5 cm³/mol. The van der Waals surface area contributed by atoms with Crippen molar-refractivity contribution >= 4 is 0 Å². The van der Waals surface area contributed by atoms with Crippen molar-refractivity contribution in [2.75, 3.05) is 13.2 Å². The summed E-state index contributed by atoms with van der Waals surface area (Å²) < 4.78 is 0. The standard InChI is InChI=1S/C14H23NO/c1-11-5-7-13(8-6-11)12(2)15-9-14(3,4)10-16/h5-8,12,15-16H,9-10H2,1-4H3. The molecular weight excluding hydrogens is 198 g/mol. The zero-order chi connectivity index (χ0) is 12.2. The number of aryl methyl sites for hydroxylation is 1. The minimum atomic E-state index is -0.0566. The maximum Gasteiger partial charge on any atom is 0.0494 e. The van der Waals surface area contributed by atoms with Crippen molar-refractivity contribution in [3.8, 4) is 0 Å². The Labute approximate surface area is 98.7 Å². The predicted octanol–water partition coefficient (Wildman–Crippen LogP) is 2.66. The number of hydrogen-bond donors (Lipinski definition) is 2. The van der Waals surface area contributed by atoms with E-state index >= 15 is 0 Å². The van der Waals surface area contributed by atoms with Crippen molar-refractivity contribution in [2.45, 2.75) is 33.7 Å².